The van der Waals surface area contributed by atoms with Gasteiger partial charge in [0.25, 0.3) is 0 Å². The first-order valence-electron chi connectivity index (χ1n) is 7.45. The predicted molar refractivity (Wildman–Crippen MR) is 91.9 cm³/mol. The number of para-hydroxylation sites is 3. The molecule has 0 N–H and O–H groups in total. The molecule has 0 aliphatic carbocycles. The topological polar surface area (TPSA) is 34.9 Å². The normalized spacial score (nSPS) is 10.8. The Hall–Kier alpha value is -3.20. The minimum atomic E-state index is 0.663. The fourth-order valence-electron chi connectivity index (χ4n) is 2.77. The molecule has 0 aliphatic heterocycles. The Labute approximate surface area is 133 Å². The summed E-state index contributed by atoms with van der Waals surface area (Å²) in [6.45, 7) is 0. The maximum atomic E-state index is 10.9. The fraction of sp³-hybridized carbons (Fsp3) is 0. The third-order valence-corrected chi connectivity index (χ3v) is 3.88. The molecule has 0 saturated carbocycles. The third-order valence-electron chi connectivity index (χ3n) is 3.88. The lowest BCUT2D eigenvalue weighted by atomic mass is 10.1. The molecule has 3 aromatic carbocycles. The number of hydrogen-bond acceptors (Lipinski definition) is 2. The van der Waals surface area contributed by atoms with Crippen LogP contribution in [0.5, 0.6) is 0 Å². The zero-order valence-corrected chi connectivity index (χ0v) is 12.4. The van der Waals surface area contributed by atoms with Crippen LogP contribution in [0.3, 0.4) is 0 Å². The Morgan fingerprint density at radius 1 is 0.783 bits per heavy atom. The average Bonchev–Trinajstić information content (AvgIpc) is 3.02. The van der Waals surface area contributed by atoms with Crippen molar-refractivity contribution in [2.45, 2.75) is 0 Å². The highest BCUT2D eigenvalue weighted by molar-refractivity contribution is 5.84. The van der Waals surface area contributed by atoms with Crippen molar-refractivity contribution >= 4 is 17.3 Å². The number of fused-ring (bicyclic) bond motifs is 1. The molecule has 0 spiro atoms. The Bertz CT molecular complexity index is 970. The molecule has 23 heavy (non-hydrogen) atoms. The lowest BCUT2D eigenvalue weighted by Gasteiger charge is -2.09. The molecule has 0 radical (unpaired) electrons. The summed E-state index contributed by atoms with van der Waals surface area (Å²) in [5.41, 5.74) is 4.72. The van der Waals surface area contributed by atoms with E-state index in [0.29, 0.717) is 5.56 Å². The van der Waals surface area contributed by atoms with Crippen molar-refractivity contribution in [1.82, 2.24) is 9.55 Å². The van der Waals surface area contributed by atoms with Crippen LogP contribution < -0.4 is 0 Å². The van der Waals surface area contributed by atoms with Crippen LogP contribution in [0.15, 0.2) is 78.9 Å². The monoisotopic (exact) mass is 298 g/mol. The Morgan fingerprint density at radius 3 is 2.22 bits per heavy atom. The lowest BCUT2D eigenvalue weighted by molar-refractivity contribution is 0.112. The molecule has 0 bridgehead atoms. The van der Waals surface area contributed by atoms with Crippen LogP contribution in [0, 0.1) is 0 Å². The summed E-state index contributed by atoms with van der Waals surface area (Å²) in [4.78, 5) is 15.7. The summed E-state index contributed by atoms with van der Waals surface area (Å²) < 4.78 is 2.14. The van der Waals surface area contributed by atoms with Gasteiger partial charge in [0.2, 0.25) is 0 Å². The molecule has 3 heteroatoms. The summed E-state index contributed by atoms with van der Waals surface area (Å²) in [6.07, 6.45) is 0.851. The van der Waals surface area contributed by atoms with Gasteiger partial charge in [0.05, 0.1) is 11.0 Å². The molecule has 4 rings (SSSR count). The van der Waals surface area contributed by atoms with Crippen LogP contribution in [0.25, 0.3) is 28.1 Å². The minimum Gasteiger partial charge on any atom is -0.298 e. The van der Waals surface area contributed by atoms with Gasteiger partial charge in [0, 0.05) is 16.8 Å². The molecule has 1 heterocycles. The molecule has 110 valence electrons. The first kappa shape index (κ1) is 13.5. The minimum absolute atomic E-state index is 0.663. The number of aromatic nitrogens is 2. The van der Waals surface area contributed by atoms with Crippen LogP contribution in [0.2, 0.25) is 0 Å². The van der Waals surface area contributed by atoms with E-state index in [1.165, 1.54) is 0 Å². The SMILES string of the molecule is O=Cc1ccc(-c2nc3ccccc3n2-c2ccccc2)cc1. The van der Waals surface area contributed by atoms with Crippen molar-refractivity contribution < 1.29 is 4.79 Å². The van der Waals surface area contributed by atoms with Crippen molar-refractivity contribution in [3.05, 3.63) is 84.4 Å². The first-order chi connectivity index (χ1) is 11.4. The third kappa shape index (κ3) is 2.32. The molecular weight excluding hydrogens is 284 g/mol. The van der Waals surface area contributed by atoms with Crippen LogP contribution in [-0.2, 0) is 0 Å². The van der Waals surface area contributed by atoms with Gasteiger partial charge in [-0.05, 0) is 24.3 Å². The maximum absolute atomic E-state index is 10.9. The van der Waals surface area contributed by atoms with E-state index < -0.39 is 0 Å². The van der Waals surface area contributed by atoms with E-state index in [0.717, 1.165) is 34.4 Å². The molecule has 4 aromatic rings. The van der Waals surface area contributed by atoms with E-state index >= 15 is 0 Å². The van der Waals surface area contributed by atoms with Gasteiger partial charge in [-0.2, -0.15) is 0 Å². The molecular formula is C20H14N2O. The summed E-state index contributed by atoms with van der Waals surface area (Å²) in [6, 6.07) is 25.8. The Balaban J connectivity index is 2.00. The summed E-state index contributed by atoms with van der Waals surface area (Å²) in [7, 11) is 0. The second-order valence-corrected chi connectivity index (χ2v) is 5.33. The largest absolute Gasteiger partial charge is 0.298 e. The molecule has 0 fully saturated rings. The zero-order valence-electron chi connectivity index (χ0n) is 12.4. The van der Waals surface area contributed by atoms with Crippen LogP contribution in [-0.4, -0.2) is 15.8 Å². The number of rotatable bonds is 3. The van der Waals surface area contributed by atoms with E-state index in [2.05, 4.69) is 22.8 Å². The highest BCUT2D eigenvalue weighted by atomic mass is 16.1. The number of hydrogen-bond donors (Lipinski definition) is 0. The molecule has 1 aromatic heterocycles. The zero-order chi connectivity index (χ0) is 15.6. The summed E-state index contributed by atoms with van der Waals surface area (Å²) >= 11 is 0. The predicted octanol–water partition coefficient (Wildman–Crippen LogP) is 4.51. The maximum Gasteiger partial charge on any atom is 0.150 e. The standard InChI is InChI=1S/C20H14N2O/c23-14-15-10-12-16(13-11-15)20-21-18-8-4-5-9-19(18)22(20)17-6-2-1-3-7-17/h1-14H. The van der Waals surface area contributed by atoms with Gasteiger partial charge in [0.1, 0.15) is 12.1 Å². The molecule has 0 aliphatic rings. The van der Waals surface area contributed by atoms with E-state index in [9.17, 15) is 4.79 Å². The molecule has 0 saturated heterocycles. The number of aldehydes is 1. The van der Waals surface area contributed by atoms with Gasteiger partial charge in [-0.3, -0.25) is 9.36 Å². The summed E-state index contributed by atoms with van der Waals surface area (Å²) in [5.74, 6) is 0.870. The van der Waals surface area contributed by atoms with Crippen molar-refractivity contribution in [1.29, 1.82) is 0 Å². The summed E-state index contributed by atoms with van der Waals surface area (Å²) in [5, 5.41) is 0. The number of nitrogens with zero attached hydrogens (tertiary/aromatic N) is 2. The van der Waals surface area contributed by atoms with Gasteiger partial charge in [0.15, 0.2) is 0 Å². The number of carbonyl (C=O) groups is 1. The van der Waals surface area contributed by atoms with Crippen LogP contribution >= 0.6 is 0 Å². The lowest BCUT2D eigenvalue weighted by Crippen LogP contribution is -1.97. The molecule has 0 atom stereocenters. The van der Waals surface area contributed by atoms with E-state index in [4.69, 9.17) is 4.98 Å². The van der Waals surface area contributed by atoms with Crippen molar-refractivity contribution in [2.75, 3.05) is 0 Å². The highest BCUT2D eigenvalue weighted by Crippen LogP contribution is 2.28. The number of carbonyl (C=O) groups excluding carboxylic acids is 1. The molecule has 3 nitrogen and oxygen atoms in total. The van der Waals surface area contributed by atoms with Crippen molar-refractivity contribution in [3.8, 4) is 17.1 Å². The van der Waals surface area contributed by atoms with Crippen molar-refractivity contribution in [2.24, 2.45) is 0 Å². The molecule has 0 unspecified atom stereocenters. The van der Waals surface area contributed by atoms with Gasteiger partial charge in [-0.15, -0.1) is 0 Å². The first-order valence-corrected chi connectivity index (χ1v) is 7.45. The second-order valence-electron chi connectivity index (χ2n) is 5.33. The smallest absolute Gasteiger partial charge is 0.150 e. The number of imidazole rings is 1. The molecule has 0 amide bonds. The van der Waals surface area contributed by atoms with Gasteiger partial charge < -0.3 is 0 Å². The van der Waals surface area contributed by atoms with Crippen LogP contribution in [0.4, 0.5) is 0 Å². The quantitative estimate of drug-likeness (QED) is 0.522. The van der Waals surface area contributed by atoms with Gasteiger partial charge in [-0.1, -0.05) is 54.6 Å². The van der Waals surface area contributed by atoms with Crippen molar-refractivity contribution in [3.63, 3.8) is 0 Å². The second kappa shape index (κ2) is 5.54. The fourth-order valence-corrected chi connectivity index (χ4v) is 2.77. The van der Waals surface area contributed by atoms with Crippen LogP contribution in [0.1, 0.15) is 10.4 Å². The Morgan fingerprint density at radius 2 is 1.48 bits per heavy atom. The number of benzene rings is 3. The average molecular weight is 298 g/mol. The van der Waals surface area contributed by atoms with E-state index in [1.54, 1.807) is 0 Å². The van der Waals surface area contributed by atoms with Gasteiger partial charge in [-0.25, -0.2) is 4.98 Å². The van der Waals surface area contributed by atoms with E-state index in [-0.39, 0.29) is 0 Å². The van der Waals surface area contributed by atoms with Gasteiger partial charge >= 0.3 is 0 Å². The Kier molecular flexibility index (Phi) is 3.24. The van der Waals surface area contributed by atoms with E-state index in [1.807, 2.05) is 60.7 Å². The highest BCUT2D eigenvalue weighted by Gasteiger charge is 2.13.